The van der Waals surface area contributed by atoms with E-state index in [0.717, 1.165) is 0 Å². The first-order valence-electron chi connectivity index (χ1n) is 3.04. The number of ether oxygens (including phenoxy) is 1. The van der Waals surface area contributed by atoms with Crippen LogP contribution in [0.2, 0.25) is 0 Å². The molecule has 0 aromatic carbocycles. The molecule has 0 spiro atoms. The quantitative estimate of drug-likeness (QED) is 0.239. The van der Waals surface area contributed by atoms with Crippen molar-refractivity contribution in [3.05, 3.63) is 12.7 Å². The van der Waals surface area contributed by atoms with Crippen LogP contribution in [0.5, 0.6) is 0 Å². The zero-order valence-electron chi connectivity index (χ0n) is 5.99. The zero-order chi connectivity index (χ0) is 8.69. The molecule has 0 aromatic rings. The number of hydrogen-bond donors (Lipinski definition) is 3. The third kappa shape index (κ3) is 4.02. The molecule has 4 nitrogen and oxygen atoms in total. The van der Waals surface area contributed by atoms with Crippen molar-refractivity contribution in [2.24, 2.45) is 0 Å². The second-order valence-electron chi connectivity index (χ2n) is 1.78. The van der Waals surface area contributed by atoms with E-state index in [1.807, 2.05) is 0 Å². The van der Waals surface area contributed by atoms with E-state index in [9.17, 15) is 4.79 Å². The van der Waals surface area contributed by atoms with E-state index in [4.69, 9.17) is 5.21 Å². The molecule has 0 rings (SSSR count). The Balaban J connectivity index is 3.69. The van der Waals surface area contributed by atoms with Crippen molar-refractivity contribution < 1.29 is 14.7 Å². The summed E-state index contributed by atoms with van der Waals surface area (Å²) in [7, 11) is 0. The van der Waals surface area contributed by atoms with Gasteiger partial charge in [-0.15, -0.1) is 0 Å². The Bertz CT molecular complexity index is 136. The summed E-state index contributed by atoms with van der Waals surface area (Å²) in [6, 6.07) is -0.765. The molecule has 0 saturated carbocycles. The van der Waals surface area contributed by atoms with Gasteiger partial charge in [0.2, 0.25) is 0 Å². The normalized spacial score (nSPS) is 12.2. The molecular formula is C6H11NO3S. The zero-order valence-corrected chi connectivity index (χ0v) is 6.88. The van der Waals surface area contributed by atoms with Gasteiger partial charge in [-0.25, -0.2) is 0 Å². The molecule has 0 unspecified atom stereocenters. The van der Waals surface area contributed by atoms with E-state index < -0.39 is 12.0 Å². The summed E-state index contributed by atoms with van der Waals surface area (Å²) in [5, 5.41) is 8.37. The summed E-state index contributed by atoms with van der Waals surface area (Å²) in [5.41, 5.74) is 1.78. The Morgan fingerprint density at radius 2 is 2.55 bits per heavy atom. The van der Waals surface area contributed by atoms with Crippen molar-refractivity contribution in [2.75, 3.05) is 12.4 Å². The average molecular weight is 177 g/mol. The minimum Gasteiger partial charge on any atom is -0.460 e. The molecule has 0 aliphatic rings. The van der Waals surface area contributed by atoms with Gasteiger partial charge in [-0.1, -0.05) is 12.7 Å². The number of esters is 1. The highest BCUT2D eigenvalue weighted by atomic mass is 32.1. The molecule has 1 atom stereocenters. The van der Waals surface area contributed by atoms with Crippen molar-refractivity contribution in [1.29, 1.82) is 0 Å². The second kappa shape index (κ2) is 6.21. The first-order valence-corrected chi connectivity index (χ1v) is 3.67. The molecule has 0 amide bonds. The van der Waals surface area contributed by atoms with E-state index >= 15 is 0 Å². The van der Waals surface area contributed by atoms with Crippen LogP contribution in [0.3, 0.4) is 0 Å². The van der Waals surface area contributed by atoms with Crippen molar-refractivity contribution in [3.8, 4) is 0 Å². The van der Waals surface area contributed by atoms with Crippen molar-refractivity contribution in [3.63, 3.8) is 0 Å². The third-order valence-electron chi connectivity index (χ3n) is 0.966. The summed E-state index contributed by atoms with van der Waals surface area (Å²) in [5.74, 6) is -0.352. The molecule has 0 bridgehead atoms. The Hall–Kier alpha value is -0.520. The van der Waals surface area contributed by atoms with Gasteiger partial charge in [0.15, 0.2) is 0 Å². The minimum absolute atomic E-state index is 0.144. The molecule has 0 fully saturated rings. The highest BCUT2D eigenvalue weighted by Gasteiger charge is 2.15. The Labute approximate surface area is 70.6 Å². The number of hydroxylamine groups is 1. The summed E-state index contributed by atoms with van der Waals surface area (Å²) in [4.78, 5) is 10.8. The molecule has 0 aliphatic heterocycles. The maximum Gasteiger partial charge on any atom is 0.326 e. The number of carbonyl (C=O) groups is 1. The highest BCUT2D eigenvalue weighted by Crippen LogP contribution is 1.91. The van der Waals surface area contributed by atoms with Crippen LogP contribution in [0.4, 0.5) is 0 Å². The first-order chi connectivity index (χ1) is 5.26. The third-order valence-corrected chi connectivity index (χ3v) is 1.33. The standard InChI is InChI=1S/C6H11NO3S/c1-2-3-10-6(8)5(4-11)7-9/h2,5,7,9,11H,1,3-4H2/t5-/m0/s1. The molecule has 0 aromatic heterocycles. The molecule has 0 aliphatic carbocycles. The second-order valence-corrected chi connectivity index (χ2v) is 2.15. The van der Waals surface area contributed by atoms with Crippen LogP contribution in [0.1, 0.15) is 0 Å². The van der Waals surface area contributed by atoms with Gasteiger partial charge in [0, 0.05) is 5.75 Å². The molecule has 0 heterocycles. The van der Waals surface area contributed by atoms with Gasteiger partial charge < -0.3 is 9.94 Å². The SMILES string of the molecule is C=CCOC(=O)[C@H](CS)NO. The smallest absolute Gasteiger partial charge is 0.326 e. The number of hydrogen-bond acceptors (Lipinski definition) is 5. The van der Waals surface area contributed by atoms with Gasteiger partial charge >= 0.3 is 5.97 Å². The lowest BCUT2D eigenvalue weighted by atomic mass is 10.4. The Kier molecular flexibility index (Phi) is 5.91. The lowest BCUT2D eigenvalue weighted by molar-refractivity contribution is -0.146. The largest absolute Gasteiger partial charge is 0.460 e. The fourth-order valence-electron chi connectivity index (χ4n) is 0.410. The van der Waals surface area contributed by atoms with Gasteiger partial charge in [0.05, 0.1) is 0 Å². The van der Waals surface area contributed by atoms with Crippen LogP contribution in [-0.4, -0.2) is 29.6 Å². The fourth-order valence-corrected chi connectivity index (χ4v) is 0.640. The minimum atomic E-state index is -0.765. The van der Waals surface area contributed by atoms with Gasteiger partial charge in [-0.3, -0.25) is 4.79 Å². The maximum atomic E-state index is 10.8. The van der Waals surface area contributed by atoms with E-state index in [1.165, 1.54) is 6.08 Å². The van der Waals surface area contributed by atoms with E-state index in [-0.39, 0.29) is 12.4 Å². The molecule has 64 valence electrons. The highest BCUT2D eigenvalue weighted by molar-refractivity contribution is 7.80. The Morgan fingerprint density at radius 3 is 2.91 bits per heavy atom. The van der Waals surface area contributed by atoms with Crippen LogP contribution >= 0.6 is 12.6 Å². The first kappa shape index (κ1) is 10.5. The predicted molar refractivity (Wildman–Crippen MR) is 43.7 cm³/mol. The van der Waals surface area contributed by atoms with Crippen LogP contribution in [0.15, 0.2) is 12.7 Å². The number of rotatable bonds is 5. The van der Waals surface area contributed by atoms with Gasteiger partial charge in [0.25, 0.3) is 0 Å². The predicted octanol–water partition coefficient (Wildman–Crippen LogP) is -0.00720. The van der Waals surface area contributed by atoms with E-state index in [0.29, 0.717) is 0 Å². The van der Waals surface area contributed by atoms with Crippen molar-refractivity contribution >= 4 is 18.6 Å². The van der Waals surface area contributed by atoms with Crippen molar-refractivity contribution in [1.82, 2.24) is 5.48 Å². The molecule has 5 heteroatoms. The molecule has 2 N–H and O–H groups in total. The Morgan fingerprint density at radius 1 is 1.91 bits per heavy atom. The van der Waals surface area contributed by atoms with Crippen LogP contribution in [0, 0.1) is 0 Å². The average Bonchev–Trinajstić information content (AvgIpc) is 2.03. The van der Waals surface area contributed by atoms with Gasteiger partial charge in [-0.05, 0) is 0 Å². The van der Waals surface area contributed by atoms with E-state index in [2.05, 4.69) is 23.9 Å². The lowest BCUT2D eigenvalue weighted by Crippen LogP contribution is -2.37. The van der Waals surface area contributed by atoms with Crippen molar-refractivity contribution in [2.45, 2.75) is 6.04 Å². The topological polar surface area (TPSA) is 58.6 Å². The molecular weight excluding hydrogens is 166 g/mol. The summed E-state index contributed by atoms with van der Waals surface area (Å²) < 4.78 is 4.61. The molecule has 0 radical (unpaired) electrons. The molecule has 0 saturated heterocycles. The van der Waals surface area contributed by atoms with Crippen LogP contribution in [-0.2, 0) is 9.53 Å². The van der Waals surface area contributed by atoms with Gasteiger partial charge in [-0.2, -0.15) is 18.1 Å². The summed E-state index contributed by atoms with van der Waals surface area (Å²) in [6.07, 6.45) is 1.45. The fraction of sp³-hybridized carbons (Fsp3) is 0.500. The number of thiol groups is 1. The van der Waals surface area contributed by atoms with Crippen LogP contribution < -0.4 is 5.48 Å². The number of nitrogens with one attached hydrogen (secondary N) is 1. The lowest BCUT2D eigenvalue weighted by Gasteiger charge is -2.09. The van der Waals surface area contributed by atoms with Crippen LogP contribution in [0.25, 0.3) is 0 Å². The number of carbonyl (C=O) groups excluding carboxylic acids is 1. The van der Waals surface area contributed by atoms with E-state index in [1.54, 1.807) is 5.48 Å². The molecule has 11 heavy (non-hydrogen) atoms. The summed E-state index contributed by atoms with van der Waals surface area (Å²) in [6.45, 7) is 3.51. The monoisotopic (exact) mass is 177 g/mol. The maximum absolute atomic E-state index is 10.8. The van der Waals surface area contributed by atoms with Gasteiger partial charge in [0.1, 0.15) is 12.6 Å². The summed E-state index contributed by atoms with van der Waals surface area (Å²) >= 11 is 3.81.